The predicted octanol–water partition coefficient (Wildman–Crippen LogP) is 3.07. The van der Waals surface area contributed by atoms with Crippen LogP contribution in [0, 0.1) is 0 Å². The average molecular weight is 376 g/mol. The first kappa shape index (κ1) is 17.8. The number of methoxy groups -OCH3 is 1. The summed E-state index contributed by atoms with van der Waals surface area (Å²) in [4.78, 5) is 17.8. The van der Waals surface area contributed by atoms with Crippen molar-refractivity contribution in [1.29, 1.82) is 0 Å². The molecule has 0 radical (unpaired) electrons. The van der Waals surface area contributed by atoms with Crippen LogP contribution in [0.1, 0.15) is 17.5 Å². The van der Waals surface area contributed by atoms with E-state index >= 15 is 0 Å². The quantitative estimate of drug-likeness (QED) is 0.717. The van der Waals surface area contributed by atoms with Crippen molar-refractivity contribution in [2.24, 2.45) is 5.16 Å². The van der Waals surface area contributed by atoms with Gasteiger partial charge in [0.25, 0.3) is 5.91 Å². The molecule has 0 aliphatic carbocycles. The molecule has 0 fully saturated rings. The second kappa shape index (κ2) is 7.96. The number of benzene rings is 2. The molecule has 0 saturated carbocycles. The molecule has 2 aromatic carbocycles. The molecule has 2 heterocycles. The van der Waals surface area contributed by atoms with E-state index in [1.165, 1.54) is 0 Å². The molecule has 0 spiro atoms. The zero-order valence-electron chi connectivity index (χ0n) is 15.4. The highest BCUT2D eigenvalue weighted by Crippen LogP contribution is 2.20. The molecule has 1 amide bonds. The SMILES string of the molecule is COc1ccc(C2=NOC(C(=O)Nc3ccn(Cc4ccccc4)n3)C2)cc1. The van der Waals surface area contributed by atoms with E-state index in [0.29, 0.717) is 18.8 Å². The van der Waals surface area contributed by atoms with Gasteiger partial charge in [-0.2, -0.15) is 5.10 Å². The first-order chi connectivity index (χ1) is 13.7. The molecule has 142 valence electrons. The summed E-state index contributed by atoms with van der Waals surface area (Å²) < 4.78 is 6.93. The first-order valence-electron chi connectivity index (χ1n) is 8.96. The summed E-state index contributed by atoms with van der Waals surface area (Å²) in [5, 5.41) is 11.2. The van der Waals surface area contributed by atoms with Crippen LogP contribution in [-0.2, 0) is 16.2 Å². The third-order valence-electron chi connectivity index (χ3n) is 4.46. The fraction of sp³-hybridized carbons (Fsp3) is 0.190. The lowest BCUT2D eigenvalue weighted by molar-refractivity contribution is -0.125. The standard InChI is InChI=1S/C21H20N4O3/c1-27-17-9-7-16(8-10-17)18-13-19(28-24-18)21(26)22-20-11-12-25(23-20)14-15-5-3-2-4-6-15/h2-12,19H,13-14H2,1H3,(H,22,23,26). The minimum atomic E-state index is -0.670. The molecule has 0 saturated heterocycles. The number of nitrogens with one attached hydrogen (secondary N) is 1. The van der Waals surface area contributed by atoms with Gasteiger partial charge in [0.1, 0.15) is 5.75 Å². The van der Waals surface area contributed by atoms with Crippen LogP contribution in [0.4, 0.5) is 5.82 Å². The van der Waals surface area contributed by atoms with E-state index in [4.69, 9.17) is 9.57 Å². The number of hydrogen-bond donors (Lipinski definition) is 1. The number of carbonyl (C=O) groups is 1. The van der Waals surface area contributed by atoms with Crippen LogP contribution in [0.15, 0.2) is 72.0 Å². The maximum Gasteiger partial charge on any atom is 0.269 e. The van der Waals surface area contributed by atoms with E-state index in [1.54, 1.807) is 17.9 Å². The smallest absolute Gasteiger partial charge is 0.269 e. The predicted molar refractivity (Wildman–Crippen MR) is 105 cm³/mol. The van der Waals surface area contributed by atoms with Crippen molar-refractivity contribution in [2.75, 3.05) is 12.4 Å². The molecule has 28 heavy (non-hydrogen) atoms. The number of amides is 1. The van der Waals surface area contributed by atoms with E-state index in [1.807, 2.05) is 60.8 Å². The number of carbonyl (C=O) groups excluding carboxylic acids is 1. The van der Waals surface area contributed by atoms with E-state index in [9.17, 15) is 4.79 Å². The maximum absolute atomic E-state index is 12.5. The zero-order valence-corrected chi connectivity index (χ0v) is 15.4. The molecular formula is C21H20N4O3. The Kier molecular flexibility index (Phi) is 5.05. The second-order valence-electron chi connectivity index (χ2n) is 6.44. The topological polar surface area (TPSA) is 77.7 Å². The van der Waals surface area contributed by atoms with Gasteiger partial charge in [-0.05, 0) is 35.4 Å². The zero-order chi connectivity index (χ0) is 19.3. The molecule has 0 bridgehead atoms. The van der Waals surface area contributed by atoms with Crippen molar-refractivity contribution >= 4 is 17.4 Å². The van der Waals surface area contributed by atoms with Gasteiger partial charge in [-0.25, -0.2) is 0 Å². The highest BCUT2D eigenvalue weighted by molar-refractivity contribution is 6.06. The molecule has 3 aromatic rings. The van der Waals surface area contributed by atoms with Crippen LogP contribution in [-0.4, -0.2) is 34.6 Å². The van der Waals surface area contributed by atoms with Gasteiger partial charge in [0.2, 0.25) is 6.10 Å². The fourth-order valence-electron chi connectivity index (χ4n) is 2.97. The van der Waals surface area contributed by atoms with Gasteiger partial charge in [0.05, 0.1) is 19.4 Å². The van der Waals surface area contributed by atoms with Gasteiger partial charge in [0.15, 0.2) is 5.82 Å². The number of rotatable bonds is 6. The molecule has 1 aliphatic heterocycles. The number of ether oxygens (including phenoxy) is 1. The number of hydrogen-bond acceptors (Lipinski definition) is 5. The Bertz CT molecular complexity index is 980. The van der Waals surface area contributed by atoms with Crippen LogP contribution < -0.4 is 10.1 Å². The largest absolute Gasteiger partial charge is 0.497 e. The van der Waals surface area contributed by atoms with Crippen LogP contribution in [0.5, 0.6) is 5.75 Å². The highest BCUT2D eigenvalue weighted by Gasteiger charge is 2.29. The van der Waals surface area contributed by atoms with Gasteiger partial charge < -0.3 is 14.9 Å². The lowest BCUT2D eigenvalue weighted by Crippen LogP contribution is -2.28. The third-order valence-corrected chi connectivity index (χ3v) is 4.46. The third kappa shape index (κ3) is 4.03. The Morgan fingerprint density at radius 2 is 1.96 bits per heavy atom. The summed E-state index contributed by atoms with van der Waals surface area (Å²) in [5.41, 5.74) is 2.78. The summed E-state index contributed by atoms with van der Waals surface area (Å²) in [6.07, 6.45) is 1.57. The van der Waals surface area contributed by atoms with E-state index in [0.717, 1.165) is 22.6 Å². The minimum absolute atomic E-state index is 0.266. The Hall–Kier alpha value is -3.61. The summed E-state index contributed by atoms with van der Waals surface area (Å²) in [6.45, 7) is 0.640. The van der Waals surface area contributed by atoms with Crippen LogP contribution in [0.3, 0.4) is 0 Å². The maximum atomic E-state index is 12.5. The molecule has 1 unspecified atom stereocenters. The monoisotopic (exact) mass is 376 g/mol. The van der Waals surface area contributed by atoms with Gasteiger partial charge in [-0.15, -0.1) is 0 Å². The molecule has 1 atom stereocenters. The number of aromatic nitrogens is 2. The highest BCUT2D eigenvalue weighted by atomic mass is 16.6. The Morgan fingerprint density at radius 3 is 2.71 bits per heavy atom. The van der Waals surface area contributed by atoms with Crippen molar-refractivity contribution in [1.82, 2.24) is 9.78 Å². The van der Waals surface area contributed by atoms with Crippen molar-refractivity contribution in [3.8, 4) is 5.75 Å². The van der Waals surface area contributed by atoms with Gasteiger partial charge in [-0.1, -0.05) is 35.5 Å². The molecular weight excluding hydrogens is 356 g/mol. The number of nitrogens with zero attached hydrogens (tertiary/aromatic N) is 3. The van der Waals surface area contributed by atoms with Crippen LogP contribution >= 0.6 is 0 Å². The Morgan fingerprint density at radius 1 is 1.18 bits per heavy atom. The van der Waals surface area contributed by atoms with Crippen molar-refractivity contribution in [3.63, 3.8) is 0 Å². The first-order valence-corrected chi connectivity index (χ1v) is 8.96. The summed E-state index contributed by atoms with van der Waals surface area (Å²) >= 11 is 0. The minimum Gasteiger partial charge on any atom is -0.497 e. The van der Waals surface area contributed by atoms with E-state index in [-0.39, 0.29) is 5.91 Å². The number of oxime groups is 1. The second-order valence-corrected chi connectivity index (χ2v) is 6.44. The van der Waals surface area contributed by atoms with Gasteiger partial charge >= 0.3 is 0 Å². The van der Waals surface area contributed by atoms with Gasteiger partial charge in [0, 0.05) is 18.7 Å². The molecule has 1 aromatic heterocycles. The Balaban J connectivity index is 1.33. The van der Waals surface area contributed by atoms with Crippen LogP contribution in [0.25, 0.3) is 0 Å². The molecule has 4 rings (SSSR count). The molecule has 7 heteroatoms. The number of anilines is 1. The lowest BCUT2D eigenvalue weighted by atomic mass is 10.0. The Labute approximate surface area is 162 Å². The molecule has 1 aliphatic rings. The normalized spacial score (nSPS) is 15.6. The van der Waals surface area contributed by atoms with Crippen molar-refractivity contribution in [2.45, 2.75) is 19.1 Å². The summed E-state index contributed by atoms with van der Waals surface area (Å²) in [5.74, 6) is 0.989. The van der Waals surface area contributed by atoms with Crippen molar-refractivity contribution < 1.29 is 14.4 Å². The summed E-state index contributed by atoms with van der Waals surface area (Å²) in [7, 11) is 1.62. The molecule has 1 N–H and O–H groups in total. The molecule has 7 nitrogen and oxygen atoms in total. The fourth-order valence-corrected chi connectivity index (χ4v) is 2.97. The van der Waals surface area contributed by atoms with Crippen LogP contribution in [0.2, 0.25) is 0 Å². The van der Waals surface area contributed by atoms with Gasteiger partial charge in [-0.3, -0.25) is 9.48 Å². The van der Waals surface area contributed by atoms with Crippen molar-refractivity contribution in [3.05, 3.63) is 78.0 Å². The lowest BCUT2D eigenvalue weighted by Gasteiger charge is -2.07. The summed E-state index contributed by atoms with van der Waals surface area (Å²) in [6, 6.07) is 19.3. The van der Waals surface area contributed by atoms with E-state index < -0.39 is 6.10 Å². The average Bonchev–Trinajstić information content (AvgIpc) is 3.39. The van der Waals surface area contributed by atoms with E-state index in [2.05, 4.69) is 15.6 Å².